The smallest absolute Gasteiger partial charge is 0.317 e. The van der Waals surface area contributed by atoms with E-state index in [1.54, 1.807) is 6.20 Å². The number of nitrogens with one attached hydrogen (secondary N) is 2. The van der Waals surface area contributed by atoms with E-state index in [-0.39, 0.29) is 12.1 Å². The van der Waals surface area contributed by atoms with Crippen molar-refractivity contribution >= 4 is 6.03 Å². The summed E-state index contributed by atoms with van der Waals surface area (Å²) in [7, 11) is 1.95. The fourth-order valence-electron chi connectivity index (χ4n) is 3.53. The van der Waals surface area contributed by atoms with Crippen LogP contribution in [0.5, 0.6) is 0 Å². The van der Waals surface area contributed by atoms with Gasteiger partial charge in [-0.15, -0.1) is 0 Å². The number of carbonyl (C=O) groups excluding carboxylic acids is 1. The van der Waals surface area contributed by atoms with Crippen LogP contribution in [0.25, 0.3) is 0 Å². The highest BCUT2D eigenvalue weighted by Gasteiger charge is 2.28. The average Bonchev–Trinajstić information content (AvgIpc) is 3.19. The van der Waals surface area contributed by atoms with E-state index in [1.165, 1.54) is 5.56 Å². The third-order valence-electron chi connectivity index (χ3n) is 4.96. The van der Waals surface area contributed by atoms with E-state index in [0.717, 1.165) is 49.3 Å². The zero-order valence-corrected chi connectivity index (χ0v) is 14.7. The number of urea groups is 1. The zero-order chi connectivity index (χ0) is 17.1. The van der Waals surface area contributed by atoms with Gasteiger partial charge in [0.25, 0.3) is 0 Å². The minimum atomic E-state index is 0.00787. The summed E-state index contributed by atoms with van der Waals surface area (Å²) in [6, 6.07) is 2.06. The lowest BCUT2D eigenvalue weighted by atomic mass is 10.00. The molecule has 0 aromatic carbocycles. The van der Waals surface area contributed by atoms with Gasteiger partial charge in [0.1, 0.15) is 0 Å². The van der Waals surface area contributed by atoms with E-state index >= 15 is 0 Å². The van der Waals surface area contributed by atoms with Crippen LogP contribution in [0, 0.1) is 13.8 Å². The molecule has 0 saturated carbocycles. The molecular weight excluding hydrogens is 304 g/mol. The maximum absolute atomic E-state index is 12.6. The SMILES string of the molecule is Cc1nn(C)c(C)c1CCNC(=O)N1CCCCC1c1ccn[nH]1. The summed E-state index contributed by atoms with van der Waals surface area (Å²) in [5, 5.41) is 14.5. The molecule has 2 aromatic heterocycles. The van der Waals surface area contributed by atoms with Gasteiger partial charge in [-0.1, -0.05) is 0 Å². The fraction of sp³-hybridized carbons (Fsp3) is 0.588. The van der Waals surface area contributed by atoms with Crippen LogP contribution < -0.4 is 5.32 Å². The molecular formula is C17H26N6O. The Balaban J connectivity index is 1.59. The Morgan fingerprint density at radius 3 is 2.92 bits per heavy atom. The van der Waals surface area contributed by atoms with Gasteiger partial charge in [-0.25, -0.2) is 4.79 Å². The highest BCUT2D eigenvalue weighted by atomic mass is 16.2. The lowest BCUT2D eigenvalue weighted by Gasteiger charge is -2.35. The highest BCUT2D eigenvalue weighted by molar-refractivity contribution is 5.74. The first-order valence-corrected chi connectivity index (χ1v) is 8.60. The molecule has 1 fully saturated rings. The first-order valence-electron chi connectivity index (χ1n) is 8.60. The van der Waals surface area contributed by atoms with Gasteiger partial charge in [0, 0.05) is 32.0 Å². The quantitative estimate of drug-likeness (QED) is 0.902. The molecule has 2 amide bonds. The number of rotatable bonds is 4. The van der Waals surface area contributed by atoms with E-state index in [2.05, 4.69) is 27.5 Å². The lowest BCUT2D eigenvalue weighted by molar-refractivity contribution is 0.150. The van der Waals surface area contributed by atoms with E-state index in [9.17, 15) is 4.79 Å². The molecule has 0 radical (unpaired) electrons. The molecule has 1 aliphatic rings. The molecule has 2 aromatic rings. The van der Waals surface area contributed by atoms with Crippen LogP contribution in [0.4, 0.5) is 4.79 Å². The van der Waals surface area contributed by atoms with Crippen molar-refractivity contribution in [3.05, 3.63) is 34.9 Å². The largest absolute Gasteiger partial charge is 0.338 e. The van der Waals surface area contributed by atoms with Gasteiger partial charge in [0.15, 0.2) is 0 Å². The van der Waals surface area contributed by atoms with Crippen molar-refractivity contribution in [2.24, 2.45) is 7.05 Å². The maximum Gasteiger partial charge on any atom is 0.317 e. The van der Waals surface area contributed by atoms with Crippen LogP contribution in [-0.4, -0.2) is 44.0 Å². The molecule has 0 spiro atoms. The number of carbonyl (C=O) groups is 1. The summed E-state index contributed by atoms with van der Waals surface area (Å²) in [5.74, 6) is 0. The van der Waals surface area contributed by atoms with Crippen molar-refractivity contribution < 1.29 is 4.79 Å². The average molecular weight is 330 g/mol. The summed E-state index contributed by atoms with van der Waals surface area (Å²) in [6.07, 6.45) is 5.73. The minimum Gasteiger partial charge on any atom is -0.338 e. The number of aryl methyl sites for hydroxylation is 2. The number of aromatic amines is 1. The second kappa shape index (κ2) is 7.07. The normalized spacial score (nSPS) is 18.0. The van der Waals surface area contributed by atoms with Crippen LogP contribution in [0.15, 0.2) is 12.3 Å². The molecule has 1 atom stereocenters. The third kappa shape index (κ3) is 3.29. The Labute approximate surface area is 142 Å². The van der Waals surface area contributed by atoms with Gasteiger partial charge in [-0.2, -0.15) is 10.2 Å². The van der Waals surface area contributed by atoms with Gasteiger partial charge in [0.2, 0.25) is 0 Å². The predicted octanol–water partition coefficient (Wildman–Crippen LogP) is 2.24. The summed E-state index contributed by atoms with van der Waals surface area (Å²) in [5.41, 5.74) is 4.44. The van der Waals surface area contributed by atoms with E-state index in [0.29, 0.717) is 6.54 Å². The van der Waals surface area contributed by atoms with Gasteiger partial charge < -0.3 is 10.2 Å². The molecule has 7 nitrogen and oxygen atoms in total. The monoisotopic (exact) mass is 330 g/mol. The fourth-order valence-corrected chi connectivity index (χ4v) is 3.53. The number of hydrogen-bond acceptors (Lipinski definition) is 3. The van der Waals surface area contributed by atoms with Crippen LogP contribution in [0.1, 0.15) is 47.9 Å². The molecule has 1 saturated heterocycles. The molecule has 0 aliphatic carbocycles. The summed E-state index contributed by atoms with van der Waals surface area (Å²) < 4.78 is 1.89. The van der Waals surface area contributed by atoms with Gasteiger partial charge in [-0.3, -0.25) is 9.78 Å². The minimum absolute atomic E-state index is 0.00787. The number of piperidine rings is 1. The van der Waals surface area contributed by atoms with Gasteiger partial charge in [-0.05, 0) is 51.2 Å². The number of aromatic nitrogens is 4. The van der Waals surface area contributed by atoms with Crippen molar-refractivity contribution in [2.75, 3.05) is 13.1 Å². The van der Waals surface area contributed by atoms with E-state index in [1.807, 2.05) is 29.6 Å². The Morgan fingerprint density at radius 2 is 2.25 bits per heavy atom. The predicted molar refractivity (Wildman–Crippen MR) is 91.7 cm³/mol. The number of hydrogen-bond donors (Lipinski definition) is 2. The molecule has 0 bridgehead atoms. The van der Waals surface area contributed by atoms with Crippen LogP contribution >= 0.6 is 0 Å². The number of amides is 2. The second-order valence-electron chi connectivity index (χ2n) is 6.47. The summed E-state index contributed by atoms with van der Waals surface area (Å²) in [6.45, 7) is 5.50. The Bertz CT molecular complexity index is 690. The first kappa shape index (κ1) is 16.5. The lowest BCUT2D eigenvalue weighted by Crippen LogP contribution is -2.45. The number of H-pyrrole nitrogens is 1. The van der Waals surface area contributed by atoms with Crippen LogP contribution in [0.3, 0.4) is 0 Å². The Morgan fingerprint density at radius 1 is 1.42 bits per heavy atom. The zero-order valence-electron chi connectivity index (χ0n) is 14.7. The molecule has 7 heteroatoms. The van der Waals surface area contributed by atoms with E-state index in [4.69, 9.17) is 0 Å². The second-order valence-corrected chi connectivity index (χ2v) is 6.47. The standard InChI is InChI=1S/C17H26N6O/c1-12-14(13(2)22(3)21-12)7-9-18-17(24)23-11-5-4-6-16(23)15-8-10-19-20-15/h8,10,16H,4-7,9,11H2,1-3H3,(H,18,24)(H,19,20). The van der Waals surface area contributed by atoms with Crippen molar-refractivity contribution in [3.63, 3.8) is 0 Å². The molecule has 3 heterocycles. The number of nitrogens with zero attached hydrogens (tertiary/aromatic N) is 4. The Kier molecular flexibility index (Phi) is 4.87. The molecule has 24 heavy (non-hydrogen) atoms. The molecule has 1 unspecified atom stereocenters. The molecule has 1 aliphatic heterocycles. The number of likely N-dealkylation sites (tertiary alicyclic amines) is 1. The van der Waals surface area contributed by atoms with Crippen molar-refractivity contribution in [3.8, 4) is 0 Å². The van der Waals surface area contributed by atoms with Crippen LogP contribution in [0.2, 0.25) is 0 Å². The van der Waals surface area contributed by atoms with Gasteiger partial charge in [0.05, 0.1) is 17.4 Å². The van der Waals surface area contributed by atoms with Crippen molar-refractivity contribution in [2.45, 2.75) is 45.6 Å². The topological polar surface area (TPSA) is 78.8 Å². The van der Waals surface area contributed by atoms with Crippen LogP contribution in [-0.2, 0) is 13.5 Å². The highest BCUT2D eigenvalue weighted by Crippen LogP contribution is 2.29. The van der Waals surface area contributed by atoms with Crippen molar-refractivity contribution in [1.29, 1.82) is 0 Å². The third-order valence-corrected chi connectivity index (χ3v) is 4.96. The van der Waals surface area contributed by atoms with Crippen molar-refractivity contribution in [1.82, 2.24) is 30.2 Å². The summed E-state index contributed by atoms with van der Waals surface area (Å²) in [4.78, 5) is 14.6. The molecule has 130 valence electrons. The Hall–Kier alpha value is -2.31. The molecule has 3 rings (SSSR count). The summed E-state index contributed by atoms with van der Waals surface area (Å²) >= 11 is 0. The van der Waals surface area contributed by atoms with Gasteiger partial charge >= 0.3 is 6.03 Å². The molecule has 2 N–H and O–H groups in total. The first-order chi connectivity index (χ1) is 11.6. The van der Waals surface area contributed by atoms with E-state index < -0.39 is 0 Å². The maximum atomic E-state index is 12.6.